The average molecular weight is 531 g/mol. The molecule has 5 rings (SSSR count). The number of aryl methyl sites for hydroxylation is 1. The minimum absolute atomic E-state index is 0.00387. The molecule has 4 aromatic rings. The number of aromatic nitrogens is 3. The molecule has 0 radical (unpaired) electrons. The van der Waals surface area contributed by atoms with Gasteiger partial charge in [-0.2, -0.15) is 0 Å². The second-order valence-corrected chi connectivity index (χ2v) is 9.45. The van der Waals surface area contributed by atoms with E-state index in [1.807, 2.05) is 31.3 Å². The molecule has 1 saturated heterocycles. The number of amides is 2. The fourth-order valence-corrected chi connectivity index (χ4v) is 4.68. The number of benzene rings is 3. The number of nitrogens with one attached hydrogen (secondary N) is 1. The molecule has 1 aliphatic heterocycles. The van der Waals surface area contributed by atoms with Crippen LogP contribution in [0.25, 0.3) is 0 Å². The molecule has 200 valence electrons. The van der Waals surface area contributed by atoms with E-state index >= 15 is 0 Å². The molecule has 1 N–H and O–H groups in total. The smallest absolute Gasteiger partial charge is 0.264 e. The summed E-state index contributed by atoms with van der Waals surface area (Å²) in [5, 5.41) is 7.13. The van der Waals surface area contributed by atoms with Gasteiger partial charge in [0.2, 0.25) is 12.2 Å². The molecule has 3 aromatic carbocycles. The number of likely N-dealkylation sites (tertiary alicyclic amines) is 1. The van der Waals surface area contributed by atoms with E-state index in [0.29, 0.717) is 30.2 Å². The zero-order valence-corrected chi connectivity index (χ0v) is 21.7. The van der Waals surface area contributed by atoms with Gasteiger partial charge in [-0.1, -0.05) is 12.1 Å². The lowest BCUT2D eigenvalue weighted by atomic mass is 9.96. The van der Waals surface area contributed by atoms with E-state index in [1.54, 1.807) is 70.3 Å². The van der Waals surface area contributed by atoms with Crippen LogP contribution >= 0.6 is 0 Å². The summed E-state index contributed by atoms with van der Waals surface area (Å²) in [6.45, 7) is 0.455. The Bertz CT molecular complexity index is 1440. The van der Waals surface area contributed by atoms with Crippen molar-refractivity contribution in [1.82, 2.24) is 14.7 Å². The lowest BCUT2D eigenvalue weighted by Gasteiger charge is -2.23. The van der Waals surface area contributed by atoms with Crippen molar-refractivity contribution in [2.45, 2.75) is 24.9 Å². The lowest BCUT2D eigenvalue weighted by molar-refractivity contribution is -0.672. The molecule has 0 spiro atoms. The van der Waals surface area contributed by atoms with Crippen molar-refractivity contribution in [3.05, 3.63) is 96.8 Å². The lowest BCUT2D eigenvalue weighted by Crippen LogP contribution is -2.44. The first-order valence-electron chi connectivity index (χ1n) is 12.5. The zero-order valence-electron chi connectivity index (χ0n) is 21.7. The Hall–Kier alpha value is -4.73. The highest BCUT2D eigenvalue weighted by molar-refractivity contribution is 5.97. The molecular weight excluding hydrogens is 501 g/mol. The van der Waals surface area contributed by atoms with Gasteiger partial charge in [-0.05, 0) is 72.6 Å². The van der Waals surface area contributed by atoms with Crippen LogP contribution in [-0.2, 0) is 23.2 Å². The normalized spacial score (nSPS) is 16.6. The number of rotatable bonds is 8. The van der Waals surface area contributed by atoms with Crippen LogP contribution in [0, 0.1) is 5.82 Å². The molecule has 2 heterocycles. The fraction of sp³-hybridized carbons (Fsp3) is 0.241. The molecule has 0 aliphatic carbocycles. The maximum Gasteiger partial charge on any atom is 0.264 e. The Balaban J connectivity index is 1.30. The summed E-state index contributed by atoms with van der Waals surface area (Å²) in [6.07, 6.45) is 3.83. The first-order chi connectivity index (χ1) is 18.9. The first-order valence-corrected chi connectivity index (χ1v) is 12.5. The zero-order chi connectivity index (χ0) is 27.4. The average Bonchev–Trinajstić information content (AvgIpc) is 3.58. The third kappa shape index (κ3) is 6.23. The maximum absolute atomic E-state index is 13.5. The van der Waals surface area contributed by atoms with Gasteiger partial charge in [0.05, 0.1) is 14.2 Å². The number of carbonyl (C=O) groups excluding carboxylic acids is 2. The third-order valence-corrected chi connectivity index (χ3v) is 6.68. The minimum atomic E-state index is -0.649. The molecule has 10 heteroatoms. The Morgan fingerprint density at radius 2 is 1.64 bits per heavy atom. The fourth-order valence-electron chi connectivity index (χ4n) is 4.68. The van der Waals surface area contributed by atoms with Crippen LogP contribution in [0.5, 0.6) is 17.2 Å². The Morgan fingerprint density at radius 3 is 2.26 bits per heavy atom. The Labute approximate surface area is 225 Å². The van der Waals surface area contributed by atoms with Crippen LogP contribution in [0.3, 0.4) is 0 Å². The third-order valence-electron chi connectivity index (χ3n) is 6.68. The van der Waals surface area contributed by atoms with Crippen molar-refractivity contribution in [2.24, 2.45) is 7.05 Å². The highest BCUT2D eigenvalue weighted by Crippen LogP contribution is 2.34. The molecule has 39 heavy (non-hydrogen) atoms. The van der Waals surface area contributed by atoms with Crippen molar-refractivity contribution in [2.75, 3.05) is 19.0 Å². The summed E-state index contributed by atoms with van der Waals surface area (Å²) in [5.74, 6) is 1.00. The van der Waals surface area contributed by atoms with Gasteiger partial charge in [-0.25, -0.2) is 8.96 Å². The maximum atomic E-state index is 13.5. The predicted octanol–water partition coefficient (Wildman–Crippen LogP) is 3.67. The van der Waals surface area contributed by atoms with Crippen molar-refractivity contribution >= 4 is 17.5 Å². The number of nitrogens with zero attached hydrogens (tertiary/aromatic N) is 4. The molecule has 2 unspecified atom stereocenters. The second-order valence-electron chi connectivity index (χ2n) is 9.45. The van der Waals surface area contributed by atoms with Crippen LogP contribution in [0.15, 0.2) is 85.5 Å². The van der Waals surface area contributed by atoms with Crippen LogP contribution < -0.4 is 19.4 Å². The molecule has 1 aliphatic rings. The molecule has 0 saturated carbocycles. The summed E-state index contributed by atoms with van der Waals surface area (Å²) < 4.78 is 27.4. The number of methoxy groups -OCH3 is 1. The molecule has 1 aromatic heterocycles. The summed E-state index contributed by atoms with van der Waals surface area (Å²) in [7, 11) is 3.44. The number of anilines is 1. The van der Waals surface area contributed by atoms with Crippen LogP contribution in [0.2, 0.25) is 0 Å². The highest BCUT2D eigenvalue weighted by Gasteiger charge is 2.40. The standard InChI is InChI=1S/C29H28FN5O4/c1-33-18-31-34(19-33)17-28(36)35-16-21(20-3-9-24(38-2)10-4-20)15-27(35)29(37)32-23-7-13-26(14-8-23)39-25-11-5-22(30)6-12-25/h3-14,18-19,21,27H,15-17H2,1-2H3/p+1. The van der Waals surface area contributed by atoms with E-state index in [1.165, 1.54) is 12.1 Å². The van der Waals surface area contributed by atoms with E-state index < -0.39 is 6.04 Å². The van der Waals surface area contributed by atoms with Crippen molar-refractivity contribution in [3.63, 3.8) is 0 Å². The summed E-state index contributed by atoms with van der Waals surface area (Å²) >= 11 is 0. The Kier molecular flexibility index (Phi) is 7.53. The quantitative estimate of drug-likeness (QED) is 0.351. The molecular formula is C29H29FN5O4+. The van der Waals surface area contributed by atoms with Gasteiger partial charge in [0.25, 0.3) is 12.2 Å². The summed E-state index contributed by atoms with van der Waals surface area (Å²) in [5.41, 5.74) is 1.61. The van der Waals surface area contributed by atoms with Crippen LogP contribution in [0.4, 0.5) is 10.1 Å². The number of hydrogen-bond acceptors (Lipinski definition) is 5. The summed E-state index contributed by atoms with van der Waals surface area (Å²) in [6, 6.07) is 19.7. The number of halogens is 1. The molecule has 9 nitrogen and oxygen atoms in total. The van der Waals surface area contributed by atoms with Crippen LogP contribution in [0.1, 0.15) is 17.9 Å². The molecule has 2 amide bonds. The first kappa shape index (κ1) is 25.9. The van der Waals surface area contributed by atoms with Crippen LogP contribution in [-0.4, -0.2) is 46.2 Å². The molecule has 1 fully saturated rings. The van der Waals surface area contributed by atoms with E-state index in [9.17, 15) is 14.0 Å². The van der Waals surface area contributed by atoms with Gasteiger partial charge in [0, 0.05) is 23.2 Å². The number of ether oxygens (including phenoxy) is 2. The molecule has 2 atom stereocenters. The topological polar surface area (TPSA) is 89.6 Å². The highest BCUT2D eigenvalue weighted by atomic mass is 19.1. The number of carbonyl (C=O) groups is 2. The predicted molar refractivity (Wildman–Crippen MR) is 141 cm³/mol. The van der Waals surface area contributed by atoms with Gasteiger partial charge < -0.3 is 19.7 Å². The van der Waals surface area contributed by atoms with Gasteiger partial charge in [0.1, 0.15) is 29.1 Å². The van der Waals surface area contributed by atoms with Crippen molar-refractivity contribution in [3.8, 4) is 17.2 Å². The molecule has 0 bridgehead atoms. The van der Waals surface area contributed by atoms with Gasteiger partial charge in [-0.3, -0.25) is 9.59 Å². The van der Waals surface area contributed by atoms with Gasteiger partial charge in [-0.15, -0.1) is 4.68 Å². The minimum Gasteiger partial charge on any atom is -0.497 e. The monoisotopic (exact) mass is 530 g/mol. The van der Waals surface area contributed by atoms with E-state index in [4.69, 9.17) is 9.47 Å². The van der Waals surface area contributed by atoms with Gasteiger partial charge >= 0.3 is 0 Å². The van der Waals surface area contributed by atoms with Gasteiger partial charge in [0.15, 0.2) is 6.54 Å². The number of hydrogen-bond donors (Lipinski definition) is 1. The SMILES string of the molecule is COc1ccc(C2CC(C(=O)Nc3ccc(Oc4ccc(F)cc4)cc3)N(C(=O)Cn3c[n+](C)cn3)C2)cc1. The largest absolute Gasteiger partial charge is 0.497 e. The summed E-state index contributed by atoms with van der Waals surface area (Å²) in [4.78, 5) is 28.4. The van der Waals surface area contributed by atoms with Crippen molar-refractivity contribution < 1.29 is 28.0 Å². The van der Waals surface area contributed by atoms with E-state index in [2.05, 4.69) is 10.4 Å². The second kappa shape index (κ2) is 11.3. The van der Waals surface area contributed by atoms with E-state index in [0.717, 1.165) is 11.3 Å². The van der Waals surface area contributed by atoms with E-state index in [-0.39, 0.29) is 30.1 Å². The van der Waals surface area contributed by atoms with Crippen molar-refractivity contribution in [1.29, 1.82) is 0 Å². The Morgan fingerprint density at radius 1 is 1.00 bits per heavy atom.